The van der Waals surface area contributed by atoms with Crippen molar-refractivity contribution in [2.45, 2.75) is 0 Å². The fourth-order valence-corrected chi connectivity index (χ4v) is 3.01. The van der Waals surface area contributed by atoms with Gasteiger partial charge in [-0.3, -0.25) is 4.79 Å². The van der Waals surface area contributed by atoms with E-state index in [9.17, 15) is 4.79 Å². The Labute approximate surface area is 133 Å². The molecule has 3 nitrogen and oxygen atoms in total. The number of hydrogen-bond donors (Lipinski definition) is 0. The number of pyridine rings is 1. The summed E-state index contributed by atoms with van der Waals surface area (Å²) in [6.45, 7) is 0. The van der Waals surface area contributed by atoms with E-state index in [1.54, 1.807) is 7.11 Å². The van der Waals surface area contributed by atoms with E-state index in [0.29, 0.717) is 16.5 Å². The Morgan fingerprint density at radius 1 is 0.783 bits per heavy atom. The summed E-state index contributed by atoms with van der Waals surface area (Å²) in [5.74, 6) is 0.685. The lowest BCUT2D eigenvalue weighted by Gasteiger charge is -2.15. The van der Waals surface area contributed by atoms with Gasteiger partial charge in [0.2, 0.25) is 0 Å². The van der Waals surface area contributed by atoms with Crippen LogP contribution in [0.3, 0.4) is 0 Å². The molecule has 0 radical (unpaired) electrons. The molecule has 0 atom stereocenters. The van der Waals surface area contributed by atoms with Crippen molar-refractivity contribution in [1.82, 2.24) is 4.57 Å². The number of fused-ring (bicyclic) bond motifs is 2. The summed E-state index contributed by atoms with van der Waals surface area (Å²) in [7, 11) is 1.61. The highest BCUT2D eigenvalue weighted by Gasteiger charge is 2.12. The maximum atomic E-state index is 12.9. The topological polar surface area (TPSA) is 31.2 Å². The van der Waals surface area contributed by atoms with Gasteiger partial charge in [-0.05, 0) is 42.5 Å². The predicted octanol–water partition coefficient (Wildman–Crippen LogP) is 4.15. The third kappa shape index (κ3) is 2.09. The molecule has 0 aliphatic carbocycles. The lowest BCUT2D eigenvalue weighted by molar-refractivity contribution is 0.415. The molecular formula is C20H15NO2. The highest BCUT2D eigenvalue weighted by Crippen LogP contribution is 2.26. The summed E-state index contributed by atoms with van der Waals surface area (Å²) in [6.07, 6.45) is 0. The molecule has 1 aromatic heterocycles. The van der Waals surface area contributed by atoms with E-state index < -0.39 is 0 Å². The Balaban J connectivity index is 2.25. The molecule has 0 unspecified atom stereocenters. The number of rotatable bonds is 2. The number of ether oxygens (including phenoxy) is 1. The van der Waals surface area contributed by atoms with Crippen LogP contribution in [0.4, 0.5) is 0 Å². The minimum atomic E-state index is 0.0293. The van der Waals surface area contributed by atoms with Gasteiger partial charge in [0.15, 0.2) is 5.43 Å². The average Bonchev–Trinajstić information content (AvgIpc) is 2.63. The zero-order valence-electron chi connectivity index (χ0n) is 12.7. The molecule has 0 fully saturated rings. The molecule has 23 heavy (non-hydrogen) atoms. The van der Waals surface area contributed by atoms with Crippen LogP contribution in [0.5, 0.6) is 5.75 Å². The second kappa shape index (κ2) is 5.29. The Morgan fingerprint density at radius 3 is 2.26 bits per heavy atom. The molecule has 0 bridgehead atoms. The SMILES string of the molecule is COc1ccc2c(c1)c(=O)c1ccccc1n2-c1ccccc1. The molecule has 112 valence electrons. The summed E-state index contributed by atoms with van der Waals surface area (Å²) in [6, 6.07) is 23.4. The van der Waals surface area contributed by atoms with Crippen molar-refractivity contribution in [3.63, 3.8) is 0 Å². The normalized spacial score (nSPS) is 11.0. The van der Waals surface area contributed by atoms with E-state index >= 15 is 0 Å². The molecule has 0 saturated heterocycles. The van der Waals surface area contributed by atoms with Crippen LogP contribution in [0.15, 0.2) is 77.6 Å². The minimum Gasteiger partial charge on any atom is -0.497 e. The largest absolute Gasteiger partial charge is 0.497 e. The van der Waals surface area contributed by atoms with Crippen LogP contribution in [-0.2, 0) is 0 Å². The van der Waals surface area contributed by atoms with Crippen molar-refractivity contribution < 1.29 is 4.74 Å². The quantitative estimate of drug-likeness (QED) is 0.521. The molecule has 0 aliphatic rings. The summed E-state index contributed by atoms with van der Waals surface area (Å²) in [4.78, 5) is 12.9. The second-order valence-electron chi connectivity index (χ2n) is 5.40. The third-order valence-corrected chi connectivity index (χ3v) is 4.09. The number of aromatic nitrogens is 1. The van der Waals surface area contributed by atoms with Crippen LogP contribution in [0.25, 0.3) is 27.5 Å². The van der Waals surface area contributed by atoms with Gasteiger partial charge in [-0.2, -0.15) is 0 Å². The molecule has 0 spiro atoms. The van der Waals surface area contributed by atoms with Crippen molar-refractivity contribution in [3.05, 3.63) is 83.0 Å². The van der Waals surface area contributed by atoms with E-state index in [2.05, 4.69) is 4.57 Å². The number of para-hydroxylation sites is 2. The van der Waals surface area contributed by atoms with Gasteiger partial charge in [0.1, 0.15) is 5.75 Å². The van der Waals surface area contributed by atoms with Gasteiger partial charge in [-0.1, -0.05) is 30.3 Å². The van der Waals surface area contributed by atoms with Gasteiger partial charge in [-0.15, -0.1) is 0 Å². The van der Waals surface area contributed by atoms with Crippen molar-refractivity contribution >= 4 is 21.8 Å². The molecular weight excluding hydrogens is 286 g/mol. The molecule has 4 aromatic rings. The Bertz CT molecular complexity index is 1070. The molecule has 0 N–H and O–H groups in total. The maximum Gasteiger partial charge on any atom is 0.197 e. The Kier molecular flexibility index (Phi) is 3.12. The minimum absolute atomic E-state index is 0.0293. The Morgan fingerprint density at radius 2 is 1.48 bits per heavy atom. The van der Waals surface area contributed by atoms with Crippen LogP contribution in [-0.4, -0.2) is 11.7 Å². The standard InChI is InChI=1S/C20H15NO2/c1-23-15-11-12-19-17(13-15)20(22)16-9-5-6-10-18(16)21(19)14-7-3-2-4-8-14/h2-13H,1H3. The van der Waals surface area contributed by atoms with Gasteiger partial charge in [-0.25, -0.2) is 0 Å². The van der Waals surface area contributed by atoms with Gasteiger partial charge in [0.05, 0.1) is 23.5 Å². The first-order valence-corrected chi connectivity index (χ1v) is 7.46. The molecule has 4 rings (SSSR count). The van der Waals surface area contributed by atoms with E-state index in [-0.39, 0.29) is 5.43 Å². The van der Waals surface area contributed by atoms with Gasteiger partial charge < -0.3 is 9.30 Å². The fraction of sp³-hybridized carbons (Fsp3) is 0.0500. The lowest BCUT2D eigenvalue weighted by atomic mass is 10.1. The summed E-state index contributed by atoms with van der Waals surface area (Å²) < 4.78 is 7.40. The lowest BCUT2D eigenvalue weighted by Crippen LogP contribution is -2.10. The fourth-order valence-electron chi connectivity index (χ4n) is 3.01. The van der Waals surface area contributed by atoms with Gasteiger partial charge >= 0.3 is 0 Å². The van der Waals surface area contributed by atoms with Crippen molar-refractivity contribution in [2.75, 3.05) is 7.11 Å². The van der Waals surface area contributed by atoms with Gasteiger partial charge in [0, 0.05) is 11.1 Å². The molecule has 3 aromatic carbocycles. The van der Waals surface area contributed by atoms with Crippen LogP contribution >= 0.6 is 0 Å². The molecule has 0 amide bonds. The summed E-state index contributed by atoms with van der Waals surface area (Å²) in [5, 5.41) is 1.36. The van der Waals surface area contributed by atoms with Crippen LogP contribution in [0.2, 0.25) is 0 Å². The number of methoxy groups -OCH3 is 1. The Hall–Kier alpha value is -3.07. The van der Waals surface area contributed by atoms with Crippen LogP contribution in [0, 0.1) is 0 Å². The molecule has 0 aliphatic heterocycles. The number of hydrogen-bond acceptors (Lipinski definition) is 2. The predicted molar refractivity (Wildman–Crippen MR) is 93.6 cm³/mol. The highest BCUT2D eigenvalue weighted by molar-refractivity contribution is 5.95. The number of benzene rings is 3. The number of nitrogens with zero attached hydrogens (tertiary/aromatic N) is 1. The third-order valence-electron chi connectivity index (χ3n) is 4.09. The molecule has 0 saturated carbocycles. The van der Waals surface area contributed by atoms with Crippen molar-refractivity contribution in [1.29, 1.82) is 0 Å². The van der Waals surface area contributed by atoms with Crippen LogP contribution < -0.4 is 10.2 Å². The summed E-state index contributed by atoms with van der Waals surface area (Å²) >= 11 is 0. The van der Waals surface area contributed by atoms with E-state index in [4.69, 9.17) is 4.74 Å². The zero-order valence-corrected chi connectivity index (χ0v) is 12.7. The molecule has 1 heterocycles. The van der Waals surface area contributed by atoms with E-state index in [0.717, 1.165) is 16.7 Å². The molecule has 3 heteroatoms. The summed E-state index contributed by atoms with van der Waals surface area (Å²) in [5.41, 5.74) is 2.84. The maximum absolute atomic E-state index is 12.9. The smallest absolute Gasteiger partial charge is 0.197 e. The first-order valence-electron chi connectivity index (χ1n) is 7.46. The zero-order chi connectivity index (χ0) is 15.8. The van der Waals surface area contributed by atoms with Gasteiger partial charge in [0.25, 0.3) is 0 Å². The second-order valence-corrected chi connectivity index (χ2v) is 5.40. The highest BCUT2D eigenvalue weighted by atomic mass is 16.5. The van der Waals surface area contributed by atoms with Crippen LogP contribution in [0.1, 0.15) is 0 Å². The van der Waals surface area contributed by atoms with E-state index in [1.807, 2.05) is 72.8 Å². The first-order chi connectivity index (χ1) is 11.3. The monoisotopic (exact) mass is 301 g/mol. The van der Waals surface area contributed by atoms with Crippen molar-refractivity contribution in [2.24, 2.45) is 0 Å². The average molecular weight is 301 g/mol. The first kappa shape index (κ1) is 13.6. The van der Waals surface area contributed by atoms with E-state index in [1.165, 1.54) is 0 Å². The van der Waals surface area contributed by atoms with Crippen molar-refractivity contribution in [3.8, 4) is 11.4 Å².